The van der Waals surface area contributed by atoms with E-state index in [0.29, 0.717) is 23.1 Å². The smallest absolute Gasteiger partial charge is 0.252 e. The Balaban J connectivity index is 1.55. The number of fused-ring (bicyclic) bond motifs is 1. The van der Waals surface area contributed by atoms with Crippen LogP contribution in [0.15, 0.2) is 47.6 Å². The number of amides is 1. The summed E-state index contributed by atoms with van der Waals surface area (Å²) in [4.78, 5) is 12.2. The number of nitrogens with zero attached hydrogens (tertiary/aromatic N) is 1. The molecule has 0 radical (unpaired) electrons. The normalized spacial score (nSPS) is 13.6. The maximum Gasteiger partial charge on any atom is 0.252 e. The molecule has 1 aromatic carbocycles. The average Bonchev–Trinajstić information content (AvgIpc) is 3.02. The highest BCUT2D eigenvalue weighted by molar-refractivity contribution is 8.00. The van der Waals surface area contributed by atoms with E-state index in [2.05, 4.69) is 5.32 Å². The summed E-state index contributed by atoms with van der Waals surface area (Å²) >= 11 is 1.23. The average molecular weight is 332 g/mol. The van der Waals surface area contributed by atoms with Crippen molar-refractivity contribution in [3.63, 3.8) is 0 Å². The van der Waals surface area contributed by atoms with Crippen LogP contribution in [0.3, 0.4) is 0 Å². The molecule has 2 aromatic rings. The third-order valence-electron chi connectivity index (χ3n) is 3.36. The van der Waals surface area contributed by atoms with Crippen molar-refractivity contribution < 1.29 is 19.0 Å². The predicted molar refractivity (Wildman–Crippen MR) is 85.1 cm³/mol. The van der Waals surface area contributed by atoms with Crippen LogP contribution in [0.5, 0.6) is 11.5 Å². The topological polar surface area (TPSA) is 74.5 Å². The highest BCUT2D eigenvalue weighted by Gasteiger charge is 2.19. The molecule has 2 heterocycles. The minimum absolute atomic E-state index is 0.128. The second-order valence-corrected chi connectivity index (χ2v) is 6.39. The molecular formula is C16H16N2O4S. The number of benzene rings is 1. The summed E-state index contributed by atoms with van der Waals surface area (Å²) in [5, 5.41) is 14.6. The number of aromatic nitrogens is 1. The van der Waals surface area contributed by atoms with Crippen molar-refractivity contribution in [2.45, 2.75) is 23.7 Å². The van der Waals surface area contributed by atoms with Gasteiger partial charge in [-0.3, -0.25) is 4.79 Å². The fourth-order valence-electron chi connectivity index (χ4n) is 2.12. The molecule has 6 nitrogen and oxygen atoms in total. The molecule has 0 spiro atoms. The van der Waals surface area contributed by atoms with Gasteiger partial charge in [0.2, 0.25) is 12.7 Å². The minimum Gasteiger partial charge on any atom is -0.618 e. The summed E-state index contributed by atoms with van der Waals surface area (Å²) in [6.45, 7) is 2.39. The molecule has 1 aromatic heterocycles. The maximum absolute atomic E-state index is 12.2. The van der Waals surface area contributed by atoms with Crippen molar-refractivity contribution in [1.82, 2.24) is 5.32 Å². The SMILES string of the molecule is C[C@H](Sc1cccc[n+]1[O-])C(=O)NCc1ccc2c(c1)OCO2. The van der Waals surface area contributed by atoms with E-state index in [0.717, 1.165) is 10.3 Å². The Morgan fingerprint density at radius 1 is 1.35 bits per heavy atom. The summed E-state index contributed by atoms with van der Waals surface area (Å²) in [6.07, 6.45) is 1.42. The molecule has 7 heteroatoms. The van der Waals surface area contributed by atoms with Gasteiger partial charge in [-0.2, -0.15) is 4.73 Å². The van der Waals surface area contributed by atoms with Gasteiger partial charge in [-0.1, -0.05) is 6.07 Å². The number of ether oxygens (including phenoxy) is 2. The summed E-state index contributed by atoms with van der Waals surface area (Å²) in [5.74, 6) is 1.28. The Hall–Kier alpha value is -2.41. The Morgan fingerprint density at radius 3 is 3.00 bits per heavy atom. The lowest BCUT2D eigenvalue weighted by molar-refractivity contribution is -0.645. The third kappa shape index (κ3) is 3.68. The van der Waals surface area contributed by atoms with Crippen molar-refractivity contribution in [3.8, 4) is 11.5 Å². The summed E-state index contributed by atoms with van der Waals surface area (Å²) < 4.78 is 11.3. The van der Waals surface area contributed by atoms with Gasteiger partial charge >= 0.3 is 0 Å². The molecule has 23 heavy (non-hydrogen) atoms. The number of hydrogen-bond donors (Lipinski definition) is 1. The lowest BCUT2D eigenvalue weighted by Crippen LogP contribution is -2.33. The second-order valence-electron chi connectivity index (χ2n) is 5.03. The van der Waals surface area contributed by atoms with Crippen LogP contribution in [0.1, 0.15) is 12.5 Å². The Bertz CT molecular complexity index is 723. The van der Waals surface area contributed by atoms with Gasteiger partial charge in [0.15, 0.2) is 17.7 Å². The standard InChI is InChI=1S/C16H16N2O4S/c1-11(23-15-4-2-3-7-18(15)20)16(19)17-9-12-5-6-13-14(8-12)22-10-21-13/h2-8,11H,9-10H2,1H3,(H,17,19)/t11-/m0/s1. The Kier molecular flexibility index (Phi) is 4.57. The first-order valence-electron chi connectivity index (χ1n) is 7.14. The lowest BCUT2D eigenvalue weighted by Gasteiger charge is -2.11. The van der Waals surface area contributed by atoms with Gasteiger partial charge in [-0.25, -0.2) is 0 Å². The molecule has 0 bridgehead atoms. The van der Waals surface area contributed by atoms with E-state index in [-0.39, 0.29) is 18.0 Å². The van der Waals surface area contributed by atoms with Crippen LogP contribution in [0, 0.1) is 5.21 Å². The number of hydrogen-bond acceptors (Lipinski definition) is 5. The largest absolute Gasteiger partial charge is 0.618 e. The molecule has 1 aliphatic heterocycles. The van der Waals surface area contributed by atoms with Crippen molar-refractivity contribution >= 4 is 17.7 Å². The molecule has 1 N–H and O–H groups in total. The van der Waals surface area contributed by atoms with E-state index in [4.69, 9.17) is 9.47 Å². The predicted octanol–water partition coefficient (Wildman–Crippen LogP) is 1.85. The molecule has 0 saturated heterocycles. The molecular weight excluding hydrogens is 316 g/mol. The fourth-order valence-corrected chi connectivity index (χ4v) is 3.00. The number of carbonyl (C=O) groups excluding carboxylic acids is 1. The van der Waals surface area contributed by atoms with Gasteiger partial charge in [0.05, 0.1) is 5.25 Å². The first-order chi connectivity index (χ1) is 11.1. The molecule has 1 atom stereocenters. The van der Waals surface area contributed by atoms with Gasteiger partial charge in [-0.15, -0.1) is 0 Å². The van der Waals surface area contributed by atoms with Crippen LogP contribution < -0.4 is 19.5 Å². The molecule has 0 fully saturated rings. The Morgan fingerprint density at radius 2 is 2.17 bits per heavy atom. The number of thioether (sulfide) groups is 1. The first kappa shape index (κ1) is 15.5. The van der Waals surface area contributed by atoms with Crippen LogP contribution in [-0.2, 0) is 11.3 Å². The first-order valence-corrected chi connectivity index (χ1v) is 8.02. The van der Waals surface area contributed by atoms with E-state index < -0.39 is 0 Å². The van der Waals surface area contributed by atoms with E-state index in [9.17, 15) is 10.0 Å². The van der Waals surface area contributed by atoms with E-state index in [1.165, 1.54) is 18.0 Å². The van der Waals surface area contributed by atoms with Gasteiger partial charge in [-0.05, 0) is 42.4 Å². The highest BCUT2D eigenvalue weighted by Crippen LogP contribution is 2.32. The van der Waals surface area contributed by atoms with Gasteiger partial charge < -0.3 is 20.0 Å². The van der Waals surface area contributed by atoms with E-state index in [1.807, 2.05) is 18.2 Å². The molecule has 0 aliphatic carbocycles. The Labute approximate surface area is 138 Å². The van der Waals surface area contributed by atoms with E-state index in [1.54, 1.807) is 25.1 Å². The van der Waals surface area contributed by atoms with E-state index >= 15 is 0 Å². The third-order valence-corrected chi connectivity index (χ3v) is 4.48. The maximum atomic E-state index is 12.2. The van der Waals surface area contributed by atoms with Crippen molar-refractivity contribution in [2.75, 3.05) is 6.79 Å². The van der Waals surface area contributed by atoms with Crippen molar-refractivity contribution in [2.24, 2.45) is 0 Å². The lowest BCUT2D eigenvalue weighted by atomic mass is 10.2. The molecule has 1 amide bonds. The monoisotopic (exact) mass is 332 g/mol. The van der Waals surface area contributed by atoms with Crippen LogP contribution in [-0.4, -0.2) is 18.0 Å². The van der Waals surface area contributed by atoms with Crippen LogP contribution in [0.2, 0.25) is 0 Å². The number of nitrogens with one attached hydrogen (secondary N) is 1. The van der Waals surface area contributed by atoms with Crippen molar-refractivity contribution in [3.05, 3.63) is 53.4 Å². The van der Waals surface area contributed by atoms with Gasteiger partial charge in [0.1, 0.15) is 0 Å². The second kappa shape index (κ2) is 6.78. The number of carbonyl (C=O) groups is 1. The molecule has 1 aliphatic rings. The van der Waals surface area contributed by atoms with Crippen molar-refractivity contribution in [1.29, 1.82) is 0 Å². The molecule has 120 valence electrons. The quantitative estimate of drug-likeness (QED) is 0.514. The van der Waals surface area contributed by atoms with Crippen LogP contribution in [0.25, 0.3) is 0 Å². The summed E-state index contributed by atoms with van der Waals surface area (Å²) in [7, 11) is 0. The zero-order valence-electron chi connectivity index (χ0n) is 12.5. The molecule has 0 saturated carbocycles. The van der Waals surface area contributed by atoms with Crippen LogP contribution >= 0.6 is 11.8 Å². The number of pyridine rings is 1. The molecule has 0 unspecified atom stereocenters. The van der Waals surface area contributed by atoms with Crippen LogP contribution in [0.4, 0.5) is 0 Å². The van der Waals surface area contributed by atoms with Gasteiger partial charge in [0, 0.05) is 18.7 Å². The summed E-state index contributed by atoms with van der Waals surface area (Å²) in [6, 6.07) is 10.7. The minimum atomic E-state index is -0.369. The fraction of sp³-hybridized carbons (Fsp3) is 0.250. The number of rotatable bonds is 5. The molecule has 3 rings (SSSR count). The summed E-state index contributed by atoms with van der Waals surface area (Å²) in [5.41, 5.74) is 0.929. The highest BCUT2D eigenvalue weighted by atomic mass is 32.2. The zero-order valence-corrected chi connectivity index (χ0v) is 13.3. The zero-order chi connectivity index (χ0) is 16.2. The van der Waals surface area contributed by atoms with Gasteiger partial charge in [0.25, 0.3) is 5.03 Å².